The summed E-state index contributed by atoms with van der Waals surface area (Å²) in [5.41, 5.74) is 1.47. The topological polar surface area (TPSA) is 60.1 Å². The maximum absolute atomic E-state index is 8.98. The minimum atomic E-state index is 0.314. The van der Waals surface area contributed by atoms with E-state index < -0.39 is 0 Å². The SMILES string of the molecule is N#Cc1cc(Cl)c(N2CCOCC2)cc1C#N. The lowest BCUT2D eigenvalue weighted by Gasteiger charge is -2.29. The zero-order chi connectivity index (χ0) is 12.3. The Kier molecular flexibility index (Phi) is 3.49. The van der Waals surface area contributed by atoms with E-state index in [0.717, 1.165) is 18.8 Å². The van der Waals surface area contributed by atoms with Crippen molar-refractivity contribution in [2.75, 3.05) is 31.2 Å². The van der Waals surface area contributed by atoms with Gasteiger partial charge in [-0.2, -0.15) is 10.5 Å². The van der Waals surface area contributed by atoms with Gasteiger partial charge in [-0.05, 0) is 12.1 Å². The highest BCUT2D eigenvalue weighted by atomic mass is 35.5. The monoisotopic (exact) mass is 247 g/mol. The highest BCUT2D eigenvalue weighted by Gasteiger charge is 2.16. The van der Waals surface area contributed by atoms with Crippen molar-refractivity contribution >= 4 is 17.3 Å². The molecule has 0 N–H and O–H groups in total. The van der Waals surface area contributed by atoms with E-state index >= 15 is 0 Å². The van der Waals surface area contributed by atoms with Crippen LogP contribution in [0.15, 0.2) is 12.1 Å². The van der Waals surface area contributed by atoms with Crippen LogP contribution in [0.1, 0.15) is 11.1 Å². The molecule has 0 bridgehead atoms. The molecule has 0 saturated carbocycles. The number of morpholine rings is 1. The van der Waals surface area contributed by atoms with Crippen LogP contribution in [0.2, 0.25) is 5.02 Å². The zero-order valence-corrected chi connectivity index (χ0v) is 9.87. The predicted octanol–water partition coefficient (Wildman–Crippen LogP) is 1.92. The Morgan fingerprint density at radius 2 is 1.71 bits per heavy atom. The van der Waals surface area contributed by atoms with Gasteiger partial charge in [0, 0.05) is 13.1 Å². The van der Waals surface area contributed by atoms with Gasteiger partial charge in [0.2, 0.25) is 0 Å². The molecule has 0 amide bonds. The normalized spacial score (nSPS) is 15.1. The van der Waals surface area contributed by atoms with Gasteiger partial charge in [-0.15, -0.1) is 0 Å². The summed E-state index contributed by atoms with van der Waals surface area (Å²) in [4.78, 5) is 2.06. The minimum Gasteiger partial charge on any atom is -0.378 e. The van der Waals surface area contributed by atoms with E-state index in [1.165, 1.54) is 0 Å². The number of hydrogen-bond donors (Lipinski definition) is 0. The van der Waals surface area contributed by atoms with Gasteiger partial charge >= 0.3 is 0 Å². The highest BCUT2D eigenvalue weighted by Crippen LogP contribution is 2.29. The molecule has 1 aromatic carbocycles. The number of nitriles is 2. The fraction of sp³-hybridized carbons (Fsp3) is 0.333. The Bertz CT molecular complexity index is 510. The first-order valence-corrected chi connectivity index (χ1v) is 5.60. The van der Waals surface area contributed by atoms with Gasteiger partial charge in [-0.25, -0.2) is 0 Å². The Morgan fingerprint density at radius 1 is 1.12 bits per heavy atom. The molecule has 1 heterocycles. The zero-order valence-electron chi connectivity index (χ0n) is 9.11. The average molecular weight is 248 g/mol. The second-order valence-corrected chi connectivity index (χ2v) is 4.08. The van der Waals surface area contributed by atoms with Gasteiger partial charge < -0.3 is 9.64 Å². The van der Waals surface area contributed by atoms with Gasteiger partial charge in [-0.3, -0.25) is 0 Å². The fourth-order valence-electron chi connectivity index (χ4n) is 1.79. The Labute approximate surface area is 105 Å². The van der Waals surface area contributed by atoms with Gasteiger partial charge in [0.1, 0.15) is 12.1 Å². The first-order valence-electron chi connectivity index (χ1n) is 5.22. The number of halogens is 1. The molecule has 1 aromatic rings. The van der Waals surface area contributed by atoms with Crippen LogP contribution in [-0.4, -0.2) is 26.3 Å². The molecule has 1 saturated heterocycles. The number of ether oxygens (including phenoxy) is 1. The van der Waals surface area contributed by atoms with Crippen molar-refractivity contribution in [3.8, 4) is 12.1 Å². The lowest BCUT2D eigenvalue weighted by Crippen LogP contribution is -2.36. The van der Waals surface area contributed by atoms with Crippen molar-refractivity contribution in [1.29, 1.82) is 10.5 Å². The van der Waals surface area contributed by atoms with Crippen LogP contribution in [0.4, 0.5) is 5.69 Å². The molecule has 0 radical (unpaired) electrons. The summed E-state index contributed by atoms with van der Waals surface area (Å²) < 4.78 is 5.26. The van der Waals surface area contributed by atoms with Crippen molar-refractivity contribution in [2.24, 2.45) is 0 Å². The average Bonchev–Trinajstić information content (AvgIpc) is 2.39. The van der Waals surface area contributed by atoms with Crippen LogP contribution in [-0.2, 0) is 4.74 Å². The molecule has 86 valence electrons. The molecule has 5 heteroatoms. The largest absolute Gasteiger partial charge is 0.378 e. The number of benzene rings is 1. The first-order chi connectivity index (χ1) is 8.26. The van der Waals surface area contributed by atoms with Gasteiger partial charge in [-0.1, -0.05) is 11.6 Å². The van der Waals surface area contributed by atoms with Gasteiger partial charge in [0.05, 0.1) is 35.1 Å². The number of hydrogen-bond acceptors (Lipinski definition) is 4. The second-order valence-electron chi connectivity index (χ2n) is 3.67. The van der Waals surface area contributed by atoms with Crippen molar-refractivity contribution in [3.05, 3.63) is 28.3 Å². The highest BCUT2D eigenvalue weighted by molar-refractivity contribution is 6.33. The molecular formula is C12H10ClN3O. The third kappa shape index (κ3) is 2.34. The Hall–Kier alpha value is -1.75. The van der Waals surface area contributed by atoms with E-state index in [2.05, 4.69) is 4.90 Å². The molecule has 1 aliphatic heterocycles. The molecular weight excluding hydrogens is 238 g/mol. The quantitative estimate of drug-likeness (QED) is 0.761. The van der Waals surface area contributed by atoms with Gasteiger partial charge in [0.15, 0.2) is 0 Å². The molecule has 0 unspecified atom stereocenters. The summed E-state index contributed by atoms with van der Waals surface area (Å²) in [6.45, 7) is 2.80. The second kappa shape index (κ2) is 5.05. The lowest BCUT2D eigenvalue weighted by atomic mass is 10.1. The summed E-state index contributed by atoms with van der Waals surface area (Å²) in [6, 6.07) is 7.20. The van der Waals surface area contributed by atoms with Crippen LogP contribution >= 0.6 is 11.6 Å². The summed E-state index contributed by atoms with van der Waals surface area (Å²) in [5, 5.41) is 18.4. The molecule has 0 spiro atoms. The summed E-state index contributed by atoms with van der Waals surface area (Å²) in [5.74, 6) is 0. The van der Waals surface area contributed by atoms with Crippen molar-refractivity contribution in [3.63, 3.8) is 0 Å². The number of nitrogens with zero attached hydrogens (tertiary/aromatic N) is 3. The Morgan fingerprint density at radius 3 is 2.29 bits per heavy atom. The molecule has 1 aliphatic rings. The van der Waals surface area contributed by atoms with Crippen LogP contribution in [0.25, 0.3) is 0 Å². The third-order valence-electron chi connectivity index (χ3n) is 2.68. The number of anilines is 1. The van der Waals surface area contributed by atoms with E-state index in [4.69, 9.17) is 26.9 Å². The summed E-state index contributed by atoms with van der Waals surface area (Å²) >= 11 is 6.13. The minimum absolute atomic E-state index is 0.314. The van der Waals surface area contributed by atoms with Gasteiger partial charge in [0.25, 0.3) is 0 Å². The van der Waals surface area contributed by atoms with E-state index in [9.17, 15) is 0 Å². The fourth-order valence-corrected chi connectivity index (χ4v) is 2.08. The van der Waals surface area contributed by atoms with Crippen molar-refractivity contribution in [2.45, 2.75) is 0 Å². The van der Waals surface area contributed by atoms with Crippen LogP contribution in [0, 0.1) is 22.7 Å². The third-order valence-corrected chi connectivity index (χ3v) is 2.98. The molecule has 1 fully saturated rings. The van der Waals surface area contributed by atoms with Crippen molar-refractivity contribution in [1.82, 2.24) is 0 Å². The summed E-state index contributed by atoms with van der Waals surface area (Å²) in [6.07, 6.45) is 0. The molecule has 17 heavy (non-hydrogen) atoms. The molecule has 0 aliphatic carbocycles. The lowest BCUT2D eigenvalue weighted by molar-refractivity contribution is 0.122. The Balaban J connectivity index is 2.41. The number of rotatable bonds is 1. The van der Waals surface area contributed by atoms with Crippen LogP contribution in [0.3, 0.4) is 0 Å². The maximum Gasteiger partial charge on any atom is 0.101 e. The molecule has 2 rings (SSSR count). The molecule has 0 aromatic heterocycles. The van der Waals surface area contributed by atoms with E-state index in [1.807, 2.05) is 12.1 Å². The maximum atomic E-state index is 8.98. The van der Waals surface area contributed by atoms with Crippen LogP contribution < -0.4 is 4.90 Å². The predicted molar refractivity (Wildman–Crippen MR) is 63.9 cm³/mol. The first kappa shape index (κ1) is 11.7. The smallest absolute Gasteiger partial charge is 0.101 e. The van der Waals surface area contributed by atoms with E-state index in [-0.39, 0.29) is 0 Å². The summed E-state index contributed by atoms with van der Waals surface area (Å²) in [7, 11) is 0. The standard InChI is InChI=1S/C12H10ClN3O/c13-11-5-9(7-14)10(8-15)6-12(11)16-1-3-17-4-2-16/h5-6H,1-4H2. The molecule has 4 nitrogen and oxygen atoms in total. The van der Waals surface area contributed by atoms with E-state index in [1.54, 1.807) is 12.1 Å². The van der Waals surface area contributed by atoms with Crippen molar-refractivity contribution < 1.29 is 4.74 Å². The van der Waals surface area contributed by atoms with E-state index in [0.29, 0.717) is 29.4 Å². The molecule has 0 atom stereocenters. The van der Waals surface area contributed by atoms with Crippen LogP contribution in [0.5, 0.6) is 0 Å².